The molecule has 11 heteroatoms. The molecule has 3 aliphatic heterocycles. The van der Waals surface area contributed by atoms with Crippen LogP contribution < -0.4 is 10.2 Å². The van der Waals surface area contributed by atoms with Crippen LogP contribution in [0.2, 0.25) is 5.02 Å². The number of carbonyl (C=O) groups is 3. The molecule has 3 heterocycles. The van der Waals surface area contributed by atoms with Crippen molar-refractivity contribution in [1.29, 1.82) is 0 Å². The fraction of sp³-hybridized carbons (Fsp3) is 0.217. The molecule has 0 bridgehead atoms. The van der Waals surface area contributed by atoms with E-state index in [1.54, 1.807) is 43.3 Å². The zero-order valence-corrected chi connectivity index (χ0v) is 18.5. The van der Waals surface area contributed by atoms with Crippen molar-refractivity contribution in [3.63, 3.8) is 0 Å². The number of nitrogens with one attached hydrogen (secondary N) is 1. The number of rotatable bonds is 4. The van der Waals surface area contributed by atoms with E-state index in [2.05, 4.69) is 10.4 Å². The van der Waals surface area contributed by atoms with Crippen molar-refractivity contribution in [3.8, 4) is 0 Å². The average Bonchev–Trinajstić information content (AvgIpc) is 3.28. The normalized spacial score (nSPS) is 24.9. The SMILES string of the molecule is Cc1cc([N+](=O)[O-])ccc1N1C(=O)[C@@H]2[C@H](C1=O)[C@H](C(=O)Nc1ccc(Cl)cc1)N1N=CC=C[C@H]21. The topological polar surface area (TPSA) is 125 Å². The Kier molecular flexibility index (Phi) is 5.17. The number of carbonyl (C=O) groups excluding carboxylic acids is 3. The van der Waals surface area contributed by atoms with E-state index in [-0.39, 0.29) is 11.4 Å². The van der Waals surface area contributed by atoms with Crippen molar-refractivity contribution in [3.05, 3.63) is 75.3 Å². The molecule has 2 fully saturated rings. The summed E-state index contributed by atoms with van der Waals surface area (Å²) in [6, 6.07) is 8.88. The van der Waals surface area contributed by atoms with Crippen molar-refractivity contribution in [2.45, 2.75) is 19.0 Å². The van der Waals surface area contributed by atoms with Gasteiger partial charge in [0, 0.05) is 29.1 Å². The molecule has 3 amide bonds. The number of imide groups is 1. The van der Waals surface area contributed by atoms with Crippen LogP contribution in [-0.4, -0.2) is 46.0 Å². The largest absolute Gasteiger partial charge is 0.324 e. The van der Waals surface area contributed by atoms with Crippen LogP contribution in [0.4, 0.5) is 17.1 Å². The monoisotopic (exact) mass is 479 g/mol. The van der Waals surface area contributed by atoms with Crippen LogP contribution in [0.15, 0.2) is 59.7 Å². The van der Waals surface area contributed by atoms with E-state index in [1.807, 2.05) is 0 Å². The maximum Gasteiger partial charge on any atom is 0.269 e. The number of non-ortho nitro benzene ring substituents is 1. The summed E-state index contributed by atoms with van der Waals surface area (Å²) < 4.78 is 0. The molecule has 10 nitrogen and oxygen atoms in total. The summed E-state index contributed by atoms with van der Waals surface area (Å²) in [4.78, 5) is 52.0. The van der Waals surface area contributed by atoms with Crippen molar-refractivity contribution in [1.82, 2.24) is 5.01 Å². The van der Waals surface area contributed by atoms with Crippen LogP contribution in [0.1, 0.15) is 5.56 Å². The summed E-state index contributed by atoms with van der Waals surface area (Å²) in [6.45, 7) is 1.60. The third-order valence-electron chi connectivity index (χ3n) is 6.30. The third-order valence-corrected chi connectivity index (χ3v) is 6.56. The van der Waals surface area contributed by atoms with E-state index in [4.69, 9.17) is 11.6 Å². The molecule has 172 valence electrons. The van der Waals surface area contributed by atoms with Gasteiger partial charge in [0.2, 0.25) is 17.7 Å². The predicted molar refractivity (Wildman–Crippen MR) is 124 cm³/mol. The minimum absolute atomic E-state index is 0.142. The fourth-order valence-electron chi connectivity index (χ4n) is 4.83. The van der Waals surface area contributed by atoms with Crippen molar-refractivity contribution >= 4 is 52.6 Å². The van der Waals surface area contributed by atoms with Crippen molar-refractivity contribution < 1.29 is 19.3 Å². The summed E-state index contributed by atoms with van der Waals surface area (Å²) >= 11 is 5.92. The van der Waals surface area contributed by atoms with Crippen LogP contribution >= 0.6 is 11.6 Å². The number of hydrazone groups is 1. The number of aryl methyl sites for hydroxylation is 1. The summed E-state index contributed by atoms with van der Waals surface area (Å²) in [5, 5.41) is 20.2. The maximum absolute atomic E-state index is 13.6. The van der Waals surface area contributed by atoms with Gasteiger partial charge in [0.25, 0.3) is 5.69 Å². The third kappa shape index (κ3) is 3.34. The van der Waals surface area contributed by atoms with Crippen molar-refractivity contribution in [2.75, 3.05) is 10.2 Å². The lowest BCUT2D eigenvalue weighted by atomic mass is 9.88. The Bertz CT molecular complexity index is 1290. The van der Waals surface area contributed by atoms with Gasteiger partial charge in [0.05, 0.1) is 28.5 Å². The number of halogens is 1. The van der Waals surface area contributed by atoms with Crippen LogP contribution in [0.25, 0.3) is 0 Å². The summed E-state index contributed by atoms with van der Waals surface area (Å²) in [7, 11) is 0. The molecule has 3 aliphatic rings. The van der Waals surface area contributed by atoms with Gasteiger partial charge in [0.15, 0.2) is 0 Å². The van der Waals surface area contributed by atoms with Gasteiger partial charge in [-0.3, -0.25) is 29.5 Å². The maximum atomic E-state index is 13.6. The Morgan fingerprint density at radius 1 is 1.12 bits per heavy atom. The first-order chi connectivity index (χ1) is 16.3. The number of hydrogen-bond donors (Lipinski definition) is 1. The zero-order chi connectivity index (χ0) is 24.1. The molecule has 5 rings (SSSR count). The second-order valence-corrected chi connectivity index (χ2v) is 8.69. The number of anilines is 2. The Balaban J connectivity index is 1.51. The molecule has 0 aromatic heterocycles. The Hall–Kier alpha value is -4.05. The van der Waals surface area contributed by atoms with Gasteiger partial charge < -0.3 is 5.32 Å². The lowest BCUT2D eigenvalue weighted by Crippen LogP contribution is -2.47. The van der Waals surface area contributed by atoms with Gasteiger partial charge in [-0.2, -0.15) is 5.10 Å². The zero-order valence-electron chi connectivity index (χ0n) is 17.8. The van der Waals surface area contributed by atoms with Crippen LogP contribution in [0.5, 0.6) is 0 Å². The molecule has 1 N–H and O–H groups in total. The molecule has 0 aliphatic carbocycles. The van der Waals surface area contributed by atoms with Gasteiger partial charge in [0.1, 0.15) is 6.04 Å². The number of nitro benzene ring substituents is 1. The van der Waals surface area contributed by atoms with Gasteiger partial charge >= 0.3 is 0 Å². The fourth-order valence-corrected chi connectivity index (χ4v) is 4.95. The molecule has 4 atom stereocenters. The summed E-state index contributed by atoms with van der Waals surface area (Å²) in [6.07, 6.45) is 4.93. The molecule has 0 spiro atoms. The van der Waals surface area contributed by atoms with E-state index in [0.29, 0.717) is 16.3 Å². The number of nitrogens with zero attached hydrogens (tertiary/aromatic N) is 4. The first kappa shape index (κ1) is 21.8. The van der Waals surface area contributed by atoms with E-state index in [1.165, 1.54) is 29.4 Å². The smallest absolute Gasteiger partial charge is 0.269 e. The number of hydrogen-bond acceptors (Lipinski definition) is 7. The average molecular weight is 480 g/mol. The second kappa shape index (κ2) is 8.07. The lowest BCUT2D eigenvalue weighted by molar-refractivity contribution is -0.384. The van der Waals surface area contributed by atoms with Crippen LogP contribution in [0.3, 0.4) is 0 Å². The van der Waals surface area contributed by atoms with E-state index >= 15 is 0 Å². The molecule has 34 heavy (non-hydrogen) atoms. The first-order valence-corrected chi connectivity index (χ1v) is 10.8. The minimum atomic E-state index is -1.02. The molecule has 2 aromatic rings. The van der Waals surface area contributed by atoms with Gasteiger partial charge in [-0.1, -0.05) is 17.7 Å². The quantitative estimate of drug-likeness (QED) is 0.408. The van der Waals surface area contributed by atoms with Gasteiger partial charge in [-0.25, -0.2) is 4.90 Å². The van der Waals surface area contributed by atoms with E-state index in [9.17, 15) is 24.5 Å². The molecule has 0 radical (unpaired) electrons. The summed E-state index contributed by atoms with van der Waals surface area (Å²) in [5.74, 6) is -3.28. The Labute approximate surface area is 198 Å². The minimum Gasteiger partial charge on any atom is -0.324 e. The van der Waals surface area contributed by atoms with E-state index in [0.717, 1.165) is 4.90 Å². The molecule has 2 aromatic carbocycles. The molecule has 0 unspecified atom stereocenters. The van der Waals surface area contributed by atoms with Crippen LogP contribution in [0, 0.1) is 28.9 Å². The molecule has 2 saturated heterocycles. The first-order valence-electron chi connectivity index (χ1n) is 10.5. The highest BCUT2D eigenvalue weighted by Gasteiger charge is 2.64. The van der Waals surface area contributed by atoms with Gasteiger partial charge in [-0.15, -0.1) is 0 Å². The summed E-state index contributed by atoms with van der Waals surface area (Å²) in [5.41, 5.74) is 1.02. The number of nitro groups is 1. The molecule has 0 saturated carbocycles. The van der Waals surface area contributed by atoms with Crippen molar-refractivity contribution in [2.24, 2.45) is 16.9 Å². The standard InChI is InChI=1S/C23H18ClN5O5/c1-12-11-15(29(33)34)8-9-16(12)27-22(31)18-17-3-2-10-25-28(17)20(19(18)23(27)32)21(30)26-14-6-4-13(24)5-7-14/h2-11,17-20H,1H3,(H,26,30)/t17-,18+,19+,20-/m1/s1. The number of benzene rings is 2. The predicted octanol–water partition coefficient (Wildman–Crippen LogP) is 2.91. The highest BCUT2D eigenvalue weighted by atomic mass is 35.5. The Morgan fingerprint density at radius 3 is 2.50 bits per heavy atom. The Morgan fingerprint density at radius 2 is 1.82 bits per heavy atom. The highest BCUT2D eigenvalue weighted by molar-refractivity contribution is 6.30. The van der Waals surface area contributed by atoms with E-state index < -0.39 is 46.6 Å². The lowest BCUT2D eigenvalue weighted by Gasteiger charge is -2.30. The number of allylic oxidation sites excluding steroid dienone is 1. The molecular formula is C23H18ClN5O5. The van der Waals surface area contributed by atoms with Crippen LogP contribution in [-0.2, 0) is 14.4 Å². The van der Waals surface area contributed by atoms with Gasteiger partial charge in [-0.05, 0) is 48.9 Å². The highest BCUT2D eigenvalue weighted by Crippen LogP contribution is 2.46. The number of amides is 3. The second-order valence-electron chi connectivity index (χ2n) is 8.25. The number of fused-ring (bicyclic) bond motifs is 3. The molecular weight excluding hydrogens is 462 g/mol.